The third kappa shape index (κ3) is 9.53. The molecule has 2 aromatic carbocycles. The van der Waals surface area contributed by atoms with Crippen LogP contribution in [0.1, 0.15) is 63.8 Å². The van der Waals surface area contributed by atoms with Crippen molar-refractivity contribution in [3.05, 3.63) is 88.9 Å². The Bertz CT molecular complexity index is 2180. The van der Waals surface area contributed by atoms with E-state index in [2.05, 4.69) is 26.9 Å². The molecule has 3 aliphatic rings. The largest absolute Gasteiger partial charge is 0.495 e. The summed E-state index contributed by atoms with van der Waals surface area (Å²) < 4.78 is 39.5. The number of amides is 3. The van der Waals surface area contributed by atoms with Gasteiger partial charge in [0, 0.05) is 40.3 Å². The van der Waals surface area contributed by atoms with Crippen LogP contribution >= 0.6 is 22.9 Å². The zero-order valence-corrected chi connectivity index (χ0v) is 35.3. The van der Waals surface area contributed by atoms with Crippen LogP contribution in [0, 0.1) is 18.3 Å². The Hall–Kier alpha value is -4.73. The number of methoxy groups -OCH3 is 1. The van der Waals surface area contributed by atoms with Crippen molar-refractivity contribution in [1.29, 1.82) is 0 Å². The maximum atomic E-state index is 14.8. The van der Waals surface area contributed by atoms with E-state index in [1.165, 1.54) is 35.6 Å². The summed E-state index contributed by atoms with van der Waals surface area (Å²) in [6.07, 6.45) is 3.56. The van der Waals surface area contributed by atoms with Gasteiger partial charge in [0.2, 0.25) is 21.8 Å². The van der Waals surface area contributed by atoms with Gasteiger partial charge in [0.15, 0.2) is 11.0 Å². The van der Waals surface area contributed by atoms with Gasteiger partial charge in [-0.1, -0.05) is 68.8 Å². The van der Waals surface area contributed by atoms with Crippen molar-refractivity contribution < 1.29 is 32.3 Å². The molecule has 0 spiro atoms. The maximum absolute atomic E-state index is 14.8. The summed E-state index contributed by atoms with van der Waals surface area (Å²) in [5.41, 5.74) is 0.337. The summed E-state index contributed by atoms with van der Waals surface area (Å²) in [4.78, 5) is 54.5. The summed E-state index contributed by atoms with van der Waals surface area (Å²) in [5, 5.41) is 6.73. The average Bonchev–Trinajstić information content (AvgIpc) is 4.07. The topological polar surface area (TPSA) is 168 Å². The monoisotopic (exact) mass is 836 g/mol. The Labute approximate surface area is 343 Å². The lowest BCUT2D eigenvalue weighted by Crippen LogP contribution is -2.58. The minimum absolute atomic E-state index is 0.0301. The quantitative estimate of drug-likeness (QED) is 0.0729. The molecule has 3 amide bonds. The van der Waals surface area contributed by atoms with E-state index in [4.69, 9.17) is 26.1 Å². The summed E-state index contributed by atoms with van der Waals surface area (Å²) in [7, 11) is -2.36. The number of likely N-dealkylation sites (tertiary alicyclic amines) is 1. The molecule has 1 saturated heterocycles. The normalized spacial score (nSPS) is 23.0. The number of ether oxygens (including phenoxy) is 2. The highest BCUT2D eigenvalue weighted by molar-refractivity contribution is 7.91. The Morgan fingerprint density at radius 1 is 1.12 bits per heavy atom. The van der Waals surface area contributed by atoms with Gasteiger partial charge in [-0.15, -0.1) is 17.9 Å². The molecule has 2 aliphatic carbocycles. The molecular formula is C41H49ClN6O7S2. The number of thiazole rings is 1. The number of carbonyl (C=O) groups excluding carboxylic acids is 3. The smallest absolute Gasteiger partial charge is 0.259 e. The second-order valence-electron chi connectivity index (χ2n) is 15.8. The van der Waals surface area contributed by atoms with Gasteiger partial charge in [-0.2, -0.15) is 0 Å². The van der Waals surface area contributed by atoms with Crippen molar-refractivity contribution in [1.82, 2.24) is 19.9 Å². The van der Waals surface area contributed by atoms with Gasteiger partial charge in [0.25, 0.3) is 5.91 Å². The van der Waals surface area contributed by atoms with Crippen molar-refractivity contribution >= 4 is 67.5 Å². The molecular weight excluding hydrogens is 788 g/mol. The summed E-state index contributed by atoms with van der Waals surface area (Å²) >= 11 is 7.49. The van der Waals surface area contributed by atoms with Crippen LogP contribution < -0.4 is 15.4 Å². The number of nitrogens with zero attached hydrogens (tertiary/aromatic N) is 3. The lowest BCUT2D eigenvalue weighted by atomic mass is 9.85. The van der Waals surface area contributed by atoms with Crippen LogP contribution in [0.5, 0.6) is 0 Å². The fourth-order valence-corrected chi connectivity index (χ4v) is 9.29. The first-order valence-corrected chi connectivity index (χ1v) is 21.5. The predicted molar refractivity (Wildman–Crippen MR) is 223 cm³/mol. The maximum Gasteiger partial charge on any atom is 0.259 e. The molecule has 0 bridgehead atoms. The first kappa shape index (κ1) is 41.9. The number of rotatable bonds is 14. The molecule has 3 fully saturated rings. The molecule has 6 rings (SSSR count). The molecule has 0 radical (unpaired) electrons. The van der Waals surface area contributed by atoms with Crippen molar-refractivity contribution in [2.75, 3.05) is 19.0 Å². The van der Waals surface area contributed by atoms with E-state index in [1.807, 2.05) is 58.0 Å². The summed E-state index contributed by atoms with van der Waals surface area (Å²) in [5.74, 6) is -1.56. The van der Waals surface area contributed by atoms with Crippen molar-refractivity contribution in [2.24, 2.45) is 16.3 Å². The fourth-order valence-electron chi connectivity index (χ4n) is 6.93. The molecule has 2 heterocycles. The minimum atomic E-state index is -3.89. The van der Waals surface area contributed by atoms with Gasteiger partial charge in [-0.25, -0.2) is 18.4 Å². The van der Waals surface area contributed by atoms with Crippen LogP contribution in [0.3, 0.4) is 0 Å². The highest BCUT2D eigenvalue weighted by Crippen LogP contribution is 2.45. The molecule has 57 heavy (non-hydrogen) atoms. The zero-order chi connectivity index (χ0) is 41.3. The number of aromatic nitrogens is 1. The number of nitrogens with one attached hydrogen (secondary N) is 3. The Morgan fingerprint density at radius 3 is 2.40 bits per heavy atom. The number of aliphatic imine (C=N–C) groups is 1. The van der Waals surface area contributed by atoms with Gasteiger partial charge in [-0.3, -0.25) is 19.1 Å². The number of hydrogen-bond acceptors (Lipinski definition) is 11. The van der Waals surface area contributed by atoms with E-state index in [9.17, 15) is 22.8 Å². The van der Waals surface area contributed by atoms with E-state index < -0.39 is 62.1 Å². The van der Waals surface area contributed by atoms with Crippen LogP contribution in [0.25, 0.3) is 17.0 Å². The first-order valence-electron chi connectivity index (χ1n) is 18.8. The minimum Gasteiger partial charge on any atom is -0.495 e. The molecule has 0 unspecified atom stereocenters. The zero-order valence-electron chi connectivity index (χ0n) is 32.9. The van der Waals surface area contributed by atoms with E-state index >= 15 is 0 Å². The van der Waals surface area contributed by atoms with Gasteiger partial charge in [0.1, 0.15) is 29.5 Å². The molecule has 3 aromatic rings. The highest BCUT2D eigenvalue weighted by Gasteiger charge is 2.62. The Morgan fingerprint density at radius 2 is 1.81 bits per heavy atom. The summed E-state index contributed by atoms with van der Waals surface area (Å²) in [6.45, 7) is 13.3. The number of anilines is 1. The fraction of sp³-hybridized carbons (Fsp3) is 0.439. The second-order valence-corrected chi connectivity index (χ2v) is 19.4. The van der Waals surface area contributed by atoms with Crippen LogP contribution in [-0.2, 0) is 33.9 Å². The van der Waals surface area contributed by atoms with E-state index in [0.29, 0.717) is 28.8 Å². The van der Waals surface area contributed by atoms with Crippen LogP contribution in [0.4, 0.5) is 5.13 Å². The molecule has 1 aliphatic heterocycles. The molecule has 16 heteroatoms. The number of carbonyl (C=O) groups is 3. The van der Waals surface area contributed by atoms with Crippen molar-refractivity contribution in [2.45, 2.75) is 89.3 Å². The van der Waals surface area contributed by atoms with E-state index in [0.717, 1.165) is 21.7 Å². The second kappa shape index (κ2) is 16.6. The van der Waals surface area contributed by atoms with Gasteiger partial charge in [0.05, 0.1) is 30.8 Å². The van der Waals surface area contributed by atoms with E-state index in [-0.39, 0.29) is 31.2 Å². The van der Waals surface area contributed by atoms with Gasteiger partial charge >= 0.3 is 0 Å². The number of halogens is 1. The third-order valence-electron chi connectivity index (χ3n) is 10.4. The molecule has 3 N–H and O–H groups in total. The average molecular weight is 837 g/mol. The van der Waals surface area contributed by atoms with Crippen LogP contribution in [0.2, 0.25) is 5.02 Å². The lowest BCUT2D eigenvalue weighted by molar-refractivity contribution is -0.141. The highest BCUT2D eigenvalue weighted by atomic mass is 35.5. The molecule has 304 valence electrons. The van der Waals surface area contributed by atoms with Crippen LogP contribution in [0.15, 0.2) is 78.4 Å². The number of hydrogen-bond donors (Lipinski definition) is 3. The van der Waals surface area contributed by atoms with Gasteiger partial charge < -0.3 is 25.0 Å². The standard InChI is InChI=1S/C41H49ClN6O7S2/c1-8-28-21-41(28,38(51)47-57(52,53)31-18-19-31)46-36(49)32-20-30(55-25(3)43-22-33(54-7)26-14-16-29(42)17-15-26)23-48(32)37(50)35(40(4,5)6)45-39-44-34(24(2)56-39)27-12-10-9-11-13-27/h8-17,22,28,30-32,35H,1,18-21,23H2,2-7H3,(H,44,45)(H,46,49)(H,47,51)/b33-22+,43-25+/t28-,30-,32+,35-,41-/m1/s1. The van der Waals surface area contributed by atoms with E-state index in [1.54, 1.807) is 31.2 Å². The predicted octanol–water partition coefficient (Wildman–Crippen LogP) is 6.32. The number of sulfonamides is 1. The third-order valence-corrected chi connectivity index (χ3v) is 13.3. The SMILES string of the molecule is C=C[C@@H]1C[C@]1(NC(=O)[C@@H]1C[C@@H](O/C(C)=N/C=C(/OC)c2ccc(Cl)cc2)CN1C(=O)[C@@H](Nc1nc(-c2ccccc2)c(C)s1)C(C)(C)C)C(=O)NS(=O)(=O)C1CC1. The van der Waals surface area contributed by atoms with Crippen molar-refractivity contribution in [3.63, 3.8) is 0 Å². The molecule has 2 saturated carbocycles. The van der Waals surface area contributed by atoms with Crippen LogP contribution in [-0.4, -0.2) is 84.6 Å². The lowest BCUT2D eigenvalue weighted by Gasteiger charge is -2.35. The van der Waals surface area contributed by atoms with Crippen molar-refractivity contribution in [3.8, 4) is 11.3 Å². The molecule has 13 nitrogen and oxygen atoms in total. The Balaban J connectivity index is 1.27. The number of benzene rings is 2. The number of aryl methyl sites for hydroxylation is 1. The summed E-state index contributed by atoms with van der Waals surface area (Å²) in [6, 6.07) is 14.9. The molecule has 1 aromatic heterocycles. The molecule has 5 atom stereocenters. The Kier molecular flexibility index (Phi) is 12.2. The first-order chi connectivity index (χ1) is 26.9. The van der Waals surface area contributed by atoms with Gasteiger partial charge in [-0.05, 0) is 55.9 Å².